The van der Waals surface area contributed by atoms with Gasteiger partial charge in [-0.15, -0.1) is 17.5 Å². The molecule has 0 aliphatic carbocycles. The molecule has 0 saturated carbocycles. The molecule has 0 unspecified atom stereocenters. The van der Waals surface area contributed by atoms with E-state index in [0.29, 0.717) is 12.2 Å². The van der Waals surface area contributed by atoms with Gasteiger partial charge in [-0.1, -0.05) is 6.07 Å². The SMILES string of the molecule is Cl.O=C(Cn1nc2ccccn2c1=O)NCCN1CCNCC1. The lowest BCUT2D eigenvalue weighted by molar-refractivity contribution is -0.121. The molecule has 8 nitrogen and oxygen atoms in total. The average molecular weight is 341 g/mol. The standard InChI is InChI=1S/C14H20N6O2.ClH/c21-13(16-6-10-18-8-4-15-5-9-18)11-20-14(22)19-7-2-1-3-12(19)17-20;/h1-3,7,15H,4-6,8-11H2,(H,16,21);1H. The van der Waals surface area contributed by atoms with Crippen molar-refractivity contribution in [3.05, 3.63) is 34.9 Å². The highest BCUT2D eigenvalue weighted by atomic mass is 35.5. The molecule has 1 aliphatic rings. The monoisotopic (exact) mass is 340 g/mol. The largest absolute Gasteiger partial charge is 0.353 e. The van der Waals surface area contributed by atoms with E-state index in [-0.39, 0.29) is 30.5 Å². The summed E-state index contributed by atoms with van der Waals surface area (Å²) < 4.78 is 2.61. The minimum Gasteiger partial charge on any atom is -0.353 e. The molecule has 1 aliphatic heterocycles. The number of nitrogens with zero attached hydrogens (tertiary/aromatic N) is 4. The molecule has 1 fully saturated rings. The van der Waals surface area contributed by atoms with Crippen molar-refractivity contribution in [3.63, 3.8) is 0 Å². The predicted molar refractivity (Wildman–Crippen MR) is 89.0 cm³/mol. The second-order valence-corrected chi connectivity index (χ2v) is 5.31. The Morgan fingerprint density at radius 2 is 2.09 bits per heavy atom. The lowest BCUT2D eigenvalue weighted by atomic mass is 10.3. The van der Waals surface area contributed by atoms with Crippen LogP contribution in [0.3, 0.4) is 0 Å². The number of amides is 1. The van der Waals surface area contributed by atoms with E-state index in [1.54, 1.807) is 24.4 Å². The van der Waals surface area contributed by atoms with Crippen LogP contribution in [0.1, 0.15) is 0 Å². The van der Waals surface area contributed by atoms with Crippen molar-refractivity contribution >= 4 is 24.0 Å². The van der Waals surface area contributed by atoms with Gasteiger partial charge in [-0.3, -0.25) is 14.1 Å². The maximum atomic E-state index is 12.1. The van der Waals surface area contributed by atoms with Crippen LogP contribution in [0.2, 0.25) is 0 Å². The van der Waals surface area contributed by atoms with Crippen LogP contribution in [-0.4, -0.2) is 64.3 Å². The molecule has 0 bridgehead atoms. The summed E-state index contributed by atoms with van der Waals surface area (Å²) in [4.78, 5) is 26.3. The lowest BCUT2D eigenvalue weighted by Gasteiger charge is -2.27. The fraction of sp³-hybridized carbons (Fsp3) is 0.500. The van der Waals surface area contributed by atoms with Crippen LogP contribution in [-0.2, 0) is 11.3 Å². The highest BCUT2D eigenvalue weighted by Gasteiger charge is 2.12. The second kappa shape index (κ2) is 8.09. The van der Waals surface area contributed by atoms with E-state index in [9.17, 15) is 9.59 Å². The Balaban J connectivity index is 0.00000192. The molecular weight excluding hydrogens is 320 g/mol. The van der Waals surface area contributed by atoms with E-state index in [2.05, 4.69) is 20.6 Å². The Morgan fingerprint density at radius 3 is 2.83 bits per heavy atom. The zero-order valence-corrected chi connectivity index (χ0v) is 13.6. The summed E-state index contributed by atoms with van der Waals surface area (Å²) in [6.07, 6.45) is 1.64. The van der Waals surface area contributed by atoms with E-state index in [4.69, 9.17) is 0 Å². The summed E-state index contributed by atoms with van der Waals surface area (Å²) in [5.74, 6) is -0.194. The molecule has 2 N–H and O–H groups in total. The number of carbonyl (C=O) groups excluding carboxylic acids is 1. The molecule has 2 aromatic heterocycles. The molecule has 0 radical (unpaired) electrons. The highest BCUT2D eigenvalue weighted by Crippen LogP contribution is 1.95. The van der Waals surface area contributed by atoms with Gasteiger partial charge < -0.3 is 10.6 Å². The van der Waals surface area contributed by atoms with E-state index >= 15 is 0 Å². The van der Waals surface area contributed by atoms with Gasteiger partial charge in [0.05, 0.1) is 0 Å². The summed E-state index contributed by atoms with van der Waals surface area (Å²) >= 11 is 0. The van der Waals surface area contributed by atoms with Gasteiger partial charge in [0, 0.05) is 45.5 Å². The van der Waals surface area contributed by atoms with Gasteiger partial charge in [-0.25, -0.2) is 9.48 Å². The molecule has 2 aromatic rings. The van der Waals surface area contributed by atoms with E-state index < -0.39 is 0 Å². The number of piperazine rings is 1. The van der Waals surface area contributed by atoms with Gasteiger partial charge in [0.15, 0.2) is 5.65 Å². The fourth-order valence-corrected chi connectivity index (χ4v) is 2.55. The third kappa shape index (κ3) is 4.31. The maximum Gasteiger partial charge on any atom is 0.350 e. The Bertz CT molecular complexity index is 707. The number of rotatable bonds is 5. The van der Waals surface area contributed by atoms with Crippen molar-refractivity contribution in [3.8, 4) is 0 Å². The number of fused-ring (bicyclic) bond motifs is 1. The predicted octanol–water partition coefficient (Wildman–Crippen LogP) is -1.06. The number of aromatic nitrogens is 3. The second-order valence-electron chi connectivity index (χ2n) is 5.31. The molecule has 1 saturated heterocycles. The van der Waals surface area contributed by atoms with Crippen molar-refractivity contribution in [2.45, 2.75) is 6.54 Å². The first-order valence-electron chi connectivity index (χ1n) is 7.48. The summed E-state index contributed by atoms with van der Waals surface area (Å²) in [7, 11) is 0. The Kier molecular flexibility index (Phi) is 6.14. The van der Waals surface area contributed by atoms with Crippen molar-refractivity contribution in [2.24, 2.45) is 0 Å². The molecule has 9 heteroatoms. The first kappa shape index (κ1) is 17.5. The minimum absolute atomic E-state index is 0. The number of carbonyl (C=O) groups is 1. The quantitative estimate of drug-likeness (QED) is 0.725. The normalized spacial score (nSPS) is 15.3. The minimum atomic E-state index is -0.298. The zero-order chi connectivity index (χ0) is 15.4. The molecule has 3 rings (SSSR count). The van der Waals surface area contributed by atoms with Crippen molar-refractivity contribution in [1.82, 2.24) is 29.7 Å². The smallest absolute Gasteiger partial charge is 0.350 e. The Hall–Kier alpha value is -1.90. The van der Waals surface area contributed by atoms with Crippen molar-refractivity contribution < 1.29 is 4.79 Å². The van der Waals surface area contributed by atoms with E-state index in [0.717, 1.165) is 32.7 Å². The third-order valence-electron chi connectivity index (χ3n) is 3.74. The molecule has 126 valence electrons. The van der Waals surface area contributed by atoms with Crippen LogP contribution in [0.5, 0.6) is 0 Å². The van der Waals surface area contributed by atoms with E-state index in [1.165, 1.54) is 9.08 Å². The average Bonchev–Trinajstić information content (AvgIpc) is 2.85. The van der Waals surface area contributed by atoms with Gasteiger partial charge >= 0.3 is 5.69 Å². The third-order valence-corrected chi connectivity index (χ3v) is 3.74. The number of nitrogens with one attached hydrogen (secondary N) is 2. The molecule has 1 amide bonds. The fourth-order valence-electron chi connectivity index (χ4n) is 2.55. The molecule has 23 heavy (non-hydrogen) atoms. The first-order valence-corrected chi connectivity index (χ1v) is 7.48. The van der Waals surface area contributed by atoms with E-state index in [1.807, 2.05) is 0 Å². The van der Waals surface area contributed by atoms with Gasteiger partial charge in [0.2, 0.25) is 5.91 Å². The summed E-state index contributed by atoms with van der Waals surface area (Å²) in [5, 5.41) is 10.3. The Morgan fingerprint density at radius 1 is 1.30 bits per heavy atom. The molecular formula is C14H21ClN6O2. The van der Waals surface area contributed by atoms with Gasteiger partial charge in [0.25, 0.3) is 0 Å². The highest BCUT2D eigenvalue weighted by molar-refractivity contribution is 5.85. The van der Waals surface area contributed by atoms with Gasteiger partial charge in [-0.2, -0.15) is 0 Å². The van der Waals surface area contributed by atoms with Crippen LogP contribution >= 0.6 is 12.4 Å². The number of halogens is 1. The maximum absolute atomic E-state index is 12.1. The summed E-state index contributed by atoms with van der Waals surface area (Å²) in [5.41, 5.74) is 0.244. The number of hydrogen-bond donors (Lipinski definition) is 2. The van der Waals surface area contributed by atoms with Crippen molar-refractivity contribution in [1.29, 1.82) is 0 Å². The Labute approximate surface area is 139 Å². The van der Waals surface area contributed by atoms with Crippen molar-refractivity contribution in [2.75, 3.05) is 39.3 Å². The van der Waals surface area contributed by atoms with Crippen LogP contribution < -0.4 is 16.3 Å². The number of pyridine rings is 1. The zero-order valence-electron chi connectivity index (χ0n) is 12.8. The van der Waals surface area contributed by atoms with Crippen LogP contribution in [0.15, 0.2) is 29.2 Å². The molecule has 0 atom stereocenters. The lowest BCUT2D eigenvalue weighted by Crippen LogP contribution is -2.46. The van der Waals surface area contributed by atoms with Gasteiger partial charge in [-0.05, 0) is 12.1 Å². The number of hydrogen-bond acceptors (Lipinski definition) is 5. The van der Waals surface area contributed by atoms with Crippen LogP contribution in [0.4, 0.5) is 0 Å². The molecule has 3 heterocycles. The van der Waals surface area contributed by atoms with Crippen LogP contribution in [0.25, 0.3) is 5.65 Å². The topological polar surface area (TPSA) is 83.7 Å². The van der Waals surface area contributed by atoms with Gasteiger partial charge in [0.1, 0.15) is 6.54 Å². The van der Waals surface area contributed by atoms with Crippen LogP contribution in [0, 0.1) is 0 Å². The summed E-state index contributed by atoms with van der Waals surface area (Å²) in [6.45, 7) is 5.34. The first-order chi connectivity index (χ1) is 10.7. The summed E-state index contributed by atoms with van der Waals surface area (Å²) in [6, 6.07) is 5.30. The molecule has 0 spiro atoms. The molecule has 0 aromatic carbocycles.